The molecule has 1 aromatic carbocycles. The van der Waals surface area contributed by atoms with Crippen molar-refractivity contribution in [3.63, 3.8) is 0 Å². The highest BCUT2D eigenvalue weighted by Gasteiger charge is 2.59. The van der Waals surface area contributed by atoms with E-state index >= 15 is 0 Å². The number of benzene rings is 1. The summed E-state index contributed by atoms with van der Waals surface area (Å²) in [6.45, 7) is 19.1. The lowest BCUT2D eigenvalue weighted by Gasteiger charge is -2.55. The molecule has 21 heavy (non-hydrogen) atoms. The van der Waals surface area contributed by atoms with Gasteiger partial charge in [-0.3, -0.25) is 0 Å². The van der Waals surface area contributed by atoms with Gasteiger partial charge in [-0.05, 0) is 58.7 Å². The summed E-state index contributed by atoms with van der Waals surface area (Å²) in [6.07, 6.45) is 0. The van der Waals surface area contributed by atoms with Crippen molar-refractivity contribution in [3.05, 3.63) is 41.5 Å². The second kappa shape index (κ2) is 5.41. The first-order valence-electron chi connectivity index (χ1n) is 7.50. The van der Waals surface area contributed by atoms with Crippen molar-refractivity contribution in [2.75, 3.05) is 0 Å². The molecule has 0 aliphatic carbocycles. The van der Waals surface area contributed by atoms with Gasteiger partial charge in [-0.1, -0.05) is 31.2 Å². The van der Waals surface area contributed by atoms with E-state index in [-0.39, 0.29) is 10.8 Å². The predicted molar refractivity (Wildman–Crippen MR) is 91.2 cm³/mol. The fourth-order valence-corrected chi connectivity index (χ4v) is 4.17. The summed E-state index contributed by atoms with van der Waals surface area (Å²) >= 11 is 0. The normalized spacial score (nSPS) is 24.0. The third-order valence-electron chi connectivity index (χ3n) is 4.95. The highest BCUT2D eigenvalue weighted by atomic mass is 31.2. The van der Waals surface area contributed by atoms with Gasteiger partial charge in [0.2, 0.25) is 8.38 Å². The summed E-state index contributed by atoms with van der Waals surface area (Å²) in [5.41, 5.74) is 3.53. The van der Waals surface area contributed by atoms with Gasteiger partial charge in [0.05, 0.1) is 10.8 Å². The first kappa shape index (κ1) is 16.5. The van der Waals surface area contributed by atoms with Gasteiger partial charge in [-0.15, -0.1) is 0 Å². The summed E-state index contributed by atoms with van der Waals surface area (Å²) in [5.74, 6) is 1.28. The summed E-state index contributed by atoms with van der Waals surface area (Å²) in [6, 6.07) is 6.26. The summed E-state index contributed by atoms with van der Waals surface area (Å²) in [5, 5.41) is 0.0603. The zero-order valence-electron chi connectivity index (χ0n) is 14.3. The Bertz CT molecular complexity index is 560. The third-order valence-corrected chi connectivity index (χ3v) is 7.39. The standard InChI is InChI=1S/C18H27O2P/c1-12(2)13(3)15-10-9-11-16(14(15)4)19-21-18(7,8)17(5,6)20-21/h9-11,13H,1H2,2-8H3. The lowest BCUT2D eigenvalue weighted by Crippen LogP contribution is -2.55. The van der Waals surface area contributed by atoms with Crippen LogP contribution in [0.1, 0.15) is 58.6 Å². The first-order valence-corrected chi connectivity index (χ1v) is 8.68. The maximum absolute atomic E-state index is 6.22. The lowest BCUT2D eigenvalue weighted by molar-refractivity contribution is 0.00602. The molecule has 2 rings (SSSR count). The van der Waals surface area contributed by atoms with Crippen molar-refractivity contribution < 1.29 is 9.05 Å². The molecular weight excluding hydrogens is 279 g/mol. The molecule has 116 valence electrons. The van der Waals surface area contributed by atoms with Crippen LogP contribution >= 0.6 is 8.38 Å². The zero-order valence-corrected chi connectivity index (χ0v) is 15.2. The smallest absolute Gasteiger partial charge is 0.239 e. The first-order chi connectivity index (χ1) is 9.58. The van der Waals surface area contributed by atoms with Crippen molar-refractivity contribution in [1.82, 2.24) is 0 Å². The van der Waals surface area contributed by atoms with Crippen LogP contribution in [0.3, 0.4) is 0 Å². The Morgan fingerprint density at radius 2 is 1.90 bits per heavy atom. The van der Waals surface area contributed by atoms with E-state index in [9.17, 15) is 0 Å². The van der Waals surface area contributed by atoms with Gasteiger partial charge in [0.15, 0.2) is 0 Å². The van der Waals surface area contributed by atoms with E-state index in [0.29, 0.717) is 5.92 Å². The van der Waals surface area contributed by atoms with Gasteiger partial charge in [0.1, 0.15) is 5.75 Å². The molecule has 1 aromatic rings. The van der Waals surface area contributed by atoms with Crippen molar-refractivity contribution >= 4 is 8.38 Å². The van der Waals surface area contributed by atoms with Crippen molar-refractivity contribution in [3.8, 4) is 5.75 Å². The molecule has 0 saturated carbocycles. The molecule has 0 amide bonds. The number of hydrogen-bond acceptors (Lipinski definition) is 2. The maximum atomic E-state index is 6.22. The Balaban J connectivity index is 2.23. The molecule has 1 aliphatic rings. The topological polar surface area (TPSA) is 18.5 Å². The number of allylic oxidation sites excluding steroid dienone is 1. The molecular formula is C18H27O2P. The van der Waals surface area contributed by atoms with Gasteiger partial charge >= 0.3 is 0 Å². The molecule has 0 N–H and O–H groups in total. The van der Waals surface area contributed by atoms with E-state index in [2.05, 4.69) is 67.2 Å². The predicted octanol–water partition coefficient (Wildman–Crippen LogP) is 5.95. The van der Waals surface area contributed by atoms with E-state index < -0.39 is 8.38 Å². The maximum Gasteiger partial charge on any atom is 0.239 e. The Labute approximate surface area is 130 Å². The van der Waals surface area contributed by atoms with E-state index in [1.165, 1.54) is 16.7 Å². The average molecular weight is 306 g/mol. The molecule has 2 atom stereocenters. The molecule has 0 radical (unpaired) electrons. The number of hydrogen-bond donors (Lipinski definition) is 0. The Morgan fingerprint density at radius 3 is 2.38 bits per heavy atom. The van der Waals surface area contributed by atoms with Gasteiger partial charge in [-0.25, -0.2) is 0 Å². The molecule has 0 spiro atoms. The van der Waals surface area contributed by atoms with E-state index in [1.807, 2.05) is 6.07 Å². The van der Waals surface area contributed by atoms with Gasteiger partial charge in [0, 0.05) is 5.92 Å². The van der Waals surface area contributed by atoms with Crippen LogP contribution in [0.25, 0.3) is 0 Å². The molecule has 2 nitrogen and oxygen atoms in total. The van der Waals surface area contributed by atoms with E-state index in [1.54, 1.807) is 0 Å². The van der Waals surface area contributed by atoms with Crippen molar-refractivity contribution in [1.29, 1.82) is 0 Å². The molecule has 0 bridgehead atoms. The van der Waals surface area contributed by atoms with Gasteiger partial charge in [-0.2, -0.15) is 0 Å². The Hall–Kier alpha value is -0.850. The molecule has 1 saturated heterocycles. The van der Waals surface area contributed by atoms with Crippen molar-refractivity contribution in [2.45, 2.75) is 65.1 Å². The minimum Gasteiger partial charge on any atom is -0.446 e. The van der Waals surface area contributed by atoms with E-state index in [0.717, 1.165) is 5.75 Å². The Kier molecular flexibility index (Phi) is 4.26. The minimum atomic E-state index is -0.891. The lowest BCUT2D eigenvalue weighted by atomic mass is 9.91. The fourth-order valence-electron chi connectivity index (χ4n) is 2.30. The highest BCUT2D eigenvalue weighted by Crippen LogP contribution is 2.69. The fraction of sp³-hybridized carbons (Fsp3) is 0.556. The second-order valence-electron chi connectivity index (χ2n) is 7.05. The van der Waals surface area contributed by atoms with Gasteiger partial charge < -0.3 is 9.05 Å². The van der Waals surface area contributed by atoms with Gasteiger partial charge in [0.25, 0.3) is 0 Å². The van der Waals surface area contributed by atoms with Crippen LogP contribution in [0.5, 0.6) is 5.75 Å². The average Bonchev–Trinajstić information content (AvgIpc) is 2.39. The second-order valence-corrected chi connectivity index (χ2v) is 9.04. The van der Waals surface area contributed by atoms with Crippen LogP contribution < -0.4 is 4.52 Å². The van der Waals surface area contributed by atoms with Crippen LogP contribution in [0.15, 0.2) is 30.4 Å². The summed E-state index contributed by atoms with van der Waals surface area (Å²) in [4.78, 5) is 0. The largest absolute Gasteiger partial charge is 0.446 e. The van der Waals surface area contributed by atoms with E-state index in [4.69, 9.17) is 9.05 Å². The number of rotatable bonds is 4. The molecule has 0 aromatic heterocycles. The monoisotopic (exact) mass is 306 g/mol. The van der Waals surface area contributed by atoms with Crippen LogP contribution in [-0.2, 0) is 4.52 Å². The molecule has 1 heterocycles. The van der Waals surface area contributed by atoms with Crippen LogP contribution in [-0.4, -0.2) is 10.8 Å². The Morgan fingerprint density at radius 1 is 1.29 bits per heavy atom. The minimum absolute atomic E-state index is 0.0603. The van der Waals surface area contributed by atoms with Crippen LogP contribution in [0.4, 0.5) is 0 Å². The summed E-state index contributed by atoms with van der Waals surface area (Å²) < 4.78 is 12.2. The van der Waals surface area contributed by atoms with Crippen molar-refractivity contribution in [2.24, 2.45) is 0 Å². The third kappa shape index (κ3) is 2.76. The molecule has 3 heteroatoms. The SMILES string of the molecule is C=C(C)C(C)c1cccc(OP2OC(C)(C)C2(C)C)c1C. The highest BCUT2D eigenvalue weighted by molar-refractivity contribution is 7.51. The zero-order chi connectivity index (χ0) is 16.0. The quantitative estimate of drug-likeness (QED) is 0.505. The molecule has 1 aliphatic heterocycles. The molecule has 1 fully saturated rings. The molecule has 2 unspecified atom stereocenters. The van der Waals surface area contributed by atoms with Crippen LogP contribution in [0.2, 0.25) is 0 Å². The van der Waals surface area contributed by atoms with Crippen LogP contribution in [0, 0.1) is 6.92 Å². The summed E-state index contributed by atoms with van der Waals surface area (Å²) in [7, 11) is -0.891.